The molecule has 0 unspecified atom stereocenters. The number of allylic oxidation sites excluding steroid dienone is 1. The third-order valence-electron chi connectivity index (χ3n) is 6.64. The summed E-state index contributed by atoms with van der Waals surface area (Å²) in [5.41, 5.74) is 6.44. The maximum absolute atomic E-state index is 13.8. The molecule has 192 valence electrons. The van der Waals surface area contributed by atoms with Crippen LogP contribution in [0.15, 0.2) is 84.2 Å². The van der Waals surface area contributed by atoms with Crippen LogP contribution in [-0.2, 0) is 4.79 Å². The van der Waals surface area contributed by atoms with Crippen LogP contribution in [0.4, 0.5) is 21.6 Å². The van der Waals surface area contributed by atoms with Crippen molar-refractivity contribution in [2.45, 2.75) is 33.7 Å². The summed E-state index contributed by atoms with van der Waals surface area (Å²) in [5.74, 6) is -0.590. The van der Waals surface area contributed by atoms with Crippen LogP contribution in [-0.4, -0.2) is 21.6 Å². The number of hydrogen-bond donors (Lipinski definition) is 3. The zero-order chi connectivity index (χ0) is 27.0. The molecular formula is C30H28FN5O2. The van der Waals surface area contributed by atoms with E-state index >= 15 is 0 Å². The van der Waals surface area contributed by atoms with Gasteiger partial charge in [-0.2, -0.15) is 5.10 Å². The first-order valence-electron chi connectivity index (χ1n) is 12.3. The monoisotopic (exact) mass is 509 g/mol. The van der Waals surface area contributed by atoms with E-state index in [1.54, 1.807) is 23.7 Å². The van der Waals surface area contributed by atoms with Crippen LogP contribution in [0.3, 0.4) is 0 Å². The van der Waals surface area contributed by atoms with Gasteiger partial charge in [0.05, 0.1) is 11.8 Å². The van der Waals surface area contributed by atoms with Crippen LogP contribution in [0.2, 0.25) is 0 Å². The van der Waals surface area contributed by atoms with E-state index in [-0.39, 0.29) is 17.6 Å². The maximum Gasteiger partial charge on any atom is 0.261 e. The summed E-state index contributed by atoms with van der Waals surface area (Å²) >= 11 is 0. The first kappa shape index (κ1) is 25.0. The Morgan fingerprint density at radius 1 is 0.868 bits per heavy atom. The number of nitrogens with zero attached hydrogens (tertiary/aromatic N) is 2. The Hall–Kier alpha value is -4.72. The van der Waals surface area contributed by atoms with Gasteiger partial charge in [-0.15, -0.1) is 0 Å². The Labute approximate surface area is 220 Å². The fraction of sp³-hybridized carbons (Fsp3) is 0.167. The highest BCUT2D eigenvalue weighted by Crippen LogP contribution is 2.38. The number of anilines is 3. The van der Waals surface area contributed by atoms with E-state index in [0.717, 1.165) is 16.7 Å². The lowest BCUT2D eigenvalue weighted by Gasteiger charge is -2.30. The summed E-state index contributed by atoms with van der Waals surface area (Å²) in [5, 5.41) is 13.6. The third kappa shape index (κ3) is 4.80. The fourth-order valence-corrected chi connectivity index (χ4v) is 4.65. The second-order valence-electron chi connectivity index (χ2n) is 9.56. The van der Waals surface area contributed by atoms with E-state index < -0.39 is 6.04 Å². The predicted octanol–water partition coefficient (Wildman–Crippen LogP) is 6.13. The molecule has 2 heterocycles. The summed E-state index contributed by atoms with van der Waals surface area (Å²) < 4.78 is 15.4. The van der Waals surface area contributed by atoms with E-state index in [4.69, 9.17) is 0 Å². The van der Waals surface area contributed by atoms with Crippen LogP contribution in [0, 0.1) is 26.6 Å². The van der Waals surface area contributed by atoms with Crippen molar-refractivity contribution in [3.63, 3.8) is 0 Å². The van der Waals surface area contributed by atoms with Crippen LogP contribution < -0.4 is 16.0 Å². The quantitative estimate of drug-likeness (QED) is 0.302. The minimum absolute atomic E-state index is 0.317. The molecule has 2 amide bonds. The van der Waals surface area contributed by atoms with Crippen LogP contribution in [0.1, 0.15) is 45.6 Å². The molecule has 1 aliphatic rings. The second-order valence-corrected chi connectivity index (χ2v) is 9.56. The van der Waals surface area contributed by atoms with Gasteiger partial charge in [0.15, 0.2) is 0 Å². The smallest absolute Gasteiger partial charge is 0.261 e. The lowest BCUT2D eigenvalue weighted by Crippen LogP contribution is -2.32. The first-order valence-corrected chi connectivity index (χ1v) is 12.3. The molecule has 0 fully saturated rings. The molecule has 0 radical (unpaired) electrons. The standard InChI is InChI=1S/C30H28FN5O2/c1-17-5-12-23(13-6-17)34-29(37)24-16-32-36-27(21-8-10-22(31)11-9-21)26(20(4)33-28(24)36)30(38)35-25-14-7-18(2)15-19(25)3/h5-16,27,33H,1-4H3,(H,34,37)(H,35,38)/t27-/m0/s1. The molecule has 0 bridgehead atoms. The molecule has 8 heteroatoms. The van der Waals surface area contributed by atoms with Crippen molar-refractivity contribution in [2.75, 3.05) is 16.0 Å². The molecule has 0 saturated heterocycles. The summed E-state index contributed by atoms with van der Waals surface area (Å²) in [6.07, 6.45) is 1.47. The zero-order valence-corrected chi connectivity index (χ0v) is 21.6. The molecule has 1 aliphatic heterocycles. The highest BCUT2D eigenvalue weighted by Gasteiger charge is 2.35. The Balaban J connectivity index is 1.53. The summed E-state index contributed by atoms with van der Waals surface area (Å²) in [6.45, 7) is 7.69. The molecule has 3 aromatic carbocycles. The fourth-order valence-electron chi connectivity index (χ4n) is 4.65. The van der Waals surface area contributed by atoms with Crippen LogP contribution in [0.25, 0.3) is 0 Å². The topological polar surface area (TPSA) is 88.0 Å². The van der Waals surface area contributed by atoms with Gasteiger partial charge < -0.3 is 16.0 Å². The lowest BCUT2D eigenvalue weighted by molar-refractivity contribution is -0.113. The number of carbonyl (C=O) groups is 2. The molecule has 7 nitrogen and oxygen atoms in total. The highest BCUT2D eigenvalue weighted by atomic mass is 19.1. The molecular weight excluding hydrogens is 481 g/mol. The van der Waals surface area contributed by atoms with E-state index in [2.05, 4.69) is 21.0 Å². The van der Waals surface area contributed by atoms with E-state index in [0.29, 0.717) is 39.6 Å². The van der Waals surface area contributed by atoms with Crippen molar-refractivity contribution in [1.29, 1.82) is 0 Å². The van der Waals surface area contributed by atoms with Crippen LogP contribution in [0.5, 0.6) is 0 Å². The molecule has 1 aromatic heterocycles. The molecule has 1 atom stereocenters. The van der Waals surface area contributed by atoms with Crippen molar-refractivity contribution >= 4 is 29.0 Å². The molecule has 0 saturated carbocycles. The molecule has 38 heavy (non-hydrogen) atoms. The van der Waals surface area contributed by atoms with Gasteiger partial charge in [0, 0.05) is 17.1 Å². The number of benzene rings is 3. The largest absolute Gasteiger partial charge is 0.343 e. The number of carbonyl (C=O) groups excluding carboxylic acids is 2. The number of halogens is 1. The number of nitrogens with one attached hydrogen (secondary N) is 3. The Morgan fingerprint density at radius 3 is 2.24 bits per heavy atom. The van der Waals surface area contributed by atoms with E-state index in [1.807, 2.05) is 63.2 Å². The number of amides is 2. The van der Waals surface area contributed by atoms with Crippen LogP contribution >= 0.6 is 0 Å². The number of rotatable bonds is 5. The van der Waals surface area contributed by atoms with Gasteiger partial charge in [-0.3, -0.25) is 9.59 Å². The van der Waals surface area contributed by atoms with Gasteiger partial charge in [0.25, 0.3) is 11.8 Å². The zero-order valence-electron chi connectivity index (χ0n) is 21.6. The van der Waals surface area contributed by atoms with E-state index in [1.165, 1.54) is 18.3 Å². The molecule has 4 aromatic rings. The minimum Gasteiger partial charge on any atom is -0.343 e. The number of fused-ring (bicyclic) bond motifs is 1. The van der Waals surface area contributed by atoms with Crippen molar-refractivity contribution in [1.82, 2.24) is 9.78 Å². The Morgan fingerprint density at radius 2 is 1.55 bits per heavy atom. The van der Waals surface area contributed by atoms with Crippen molar-refractivity contribution in [2.24, 2.45) is 0 Å². The number of aryl methyl sites for hydroxylation is 3. The van der Waals surface area contributed by atoms with Crippen molar-refractivity contribution < 1.29 is 14.0 Å². The average molecular weight is 510 g/mol. The van der Waals surface area contributed by atoms with E-state index in [9.17, 15) is 14.0 Å². The average Bonchev–Trinajstić information content (AvgIpc) is 3.30. The van der Waals surface area contributed by atoms with Gasteiger partial charge in [0.1, 0.15) is 23.2 Å². The van der Waals surface area contributed by atoms with Gasteiger partial charge in [-0.05, 0) is 69.2 Å². The second kappa shape index (κ2) is 9.97. The van der Waals surface area contributed by atoms with Gasteiger partial charge in [0.2, 0.25) is 0 Å². The molecule has 0 spiro atoms. The minimum atomic E-state index is -0.682. The van der Waals surface area contributed by atoms with Crippen molar-refractivity contribution in [3.05, 3.63) is 118 Å². The Bertz CT molecular complexity index is 1570. The molecule has 5 rings (SSSR count). The highest BCUT2D eigenvalue weighted by molar-refractivity contribution is 6.09. The maximum atomic E-state index is 13.8. The normalized spacial score (nSPS) is 14.5. The molecule has 0 aliphatic carbocycles. The number of hydrogen-bond acceptors (Lipinski definition) is 4. The Kier molecular flexibility index (Phi) is 6.55. The van der Waals surface area contributed by atoms with Gasteiger partial charge in [-0.25, -0.2) is 9.07 Å². The third-order valence-corrected chi connectivity index (χ3v) is 6.64. The molecule has 3 N–H and O–H groups in total. The van der Waals surface area contributed by atoms with Crippen molar-refractivity contribution in [3.8, 4) is 0 Å². The van der Waals surface area contributed by atoms with Gasteiger partial charge >= 0.3 is 0 Å². The summed E-state index contributed by atoms with van der Waals surface area (Å²) in [4.78, 5) is 26.9. The predicted molar refractivity (Wildman–Crippen MR) is 147 cm³/mol. The van der Waals surface area contributed by atoms with Gasteiger partial charge in [-0.1, -0.05) is 47.5 Å². The lowest BCUT2D eigenvalue weighted by atomic mass is 9.94. The summed E-state index contributed by atoms with van der Waals surface area (Å²) in [7, 11) is 0. The number of aromatic nitrogens is 2. The summed E-state index contributed by atoms with van der Waals surface area (Å²) in [6, 6.07) is 18.6. The SMILES string of the molecule is CC1=C(C(=O)Nc2ccc(C)cc2C)[C@H](c2ccc(F)cc2)n2ncc(C(=O)Nc3ccc(C)cc3)c2N1. The first-order chi connectivity index (χ1) is 18.2.